The second-order valence-electron chi connectivity index (χ2n) is 6.53. The molecule has 1 fully saturated rings. The van der Waals surface area contributed by atoms with Crippen LogP contribution in [0.5, 0.6) is 5.75 Å². The number of rotatable bonds is 5. The topological polar surface area (TPSA) is 141 Å². The van der Waals surface area contributed by atoms with Crippen molar-refractivity contribution < 1.29 is 9.53 Å². The molecule has 2 aromatic heterocycles. The highest BCUT2D eigenvalue weighted by molar-refractivity contribution is 7.21. The second kappa shape index (κ2) is 6.45. The Hall–Kier alpha value is -3.31. The maximum Gasteiger partial charge on any atom is 0.260 e. The van der Waals surface area contributed by atoms with Gasteiger partial charge in [0.25, 0.3) is 5.91 Å². The summed E-state index contributed by atoms with van der Waals surface area (Å²) in [5.74, 6) is 0.875. The van der Waals surface area contributed by atoms with Gasteiger partial charge in [-0.3, -0.25) is 4.79 Å². The van der Waals surface area contributed by atoms with Gasteiger partial charge in [-0.2, -0.15) is 5.26 Å². The molecule has 1 amide bonds. The largest absolute Gasteiger partial charge is 0.493 e. The van der Waals surface area contributed by atoms with Gasteiger partial charge in [0, 0.05) is 10.9 Å². The lowest BCUT2D eigenvalue weighted by atomic mass is 9.97. The maximum absolute atomic E-state index is 11.7. The molecule has 136 valence electrons. The minimum atomic E-state index is -0.637. The molecule has 3 aromatic rings. The standard InChI is InChI=1S/C19H17N5O2S/c20-7-12-13(10-3-5-11(6-4-10)26-8-9-1-2-9)14-15(21)16(18(23)25)27-19(14)24-17(12)22/h3-6,9H,1-2,8,21H2,(H2,22,24)(H2,23,25). The molecule has 1 aromatic carbocycles. The van der Waals surface area contributed by atoms with E-state index in [4.69, 9.17) is 21.9 Å². The van der Waals surface area contributed by atoms with E-state index in [0.29, 0.717) is 28.3 Å². The molecule has 0 bridgehead atoms. The summed E-state index contributed by atoms with van der Waals surface area (Å²) in [6.07, 6.45) is 2.44. The summed E-state index contributed by atoms with van der Waals surface area (Å²) in [6.45, 7) is 0.717. The molecule has 0 aliphatic heterocycles. The van der Waals surface area contributed by atoms with E-state index in [1.54, 1.807) is 0 Å². The van der Waals surface area contributed by atoms with E-state index >= 15 is 0 Å². The Kier molecular flexibility index (Phi) is 4.09. The molecule has 8 heteroatoms. The van der Waals surface area contributed by atoms with Gasteiger partial charge < -0.3 is 21.9 Å². The summed E-state index contributed by atoms with van der Waals surface area (Å²) >= 11 is 1.07. The predicted molar refractivity (Wildman–Crippen MR) is 105 cm³/mol. The van der Waals surface area contributed by atoms with E-state index in [9.17, 15) is 10.1 Å². The van der Waals surface area contributed by atoms with Crippen LogP contribution in [0, 0.1) is 17.2 Å². The Balaban J connectivity index is 1.86. The maximum atomic E-state index is 11.7. The summed E-state index contributed by atoms with van der Waals surface area (Å²) < 4.78 is 5.76. The van der Waals surface area contributed by atoms with Gasteiger partial charge >= 0.3 is 0 Å². The van der Waals surface area contributed by atoms with Gasteiger partial charge in [0.05, 0.1) is 12.3 Å². The summed E-state index contributed by atoms with van der Waals surface area (Å²) in [5, 5.41) is 10.1. The lowest BCUT2D eigenvalue weighted by Gasteiger charge is -2.11. The lowest BCUT2D eigenvalue weighted by Crippen LogP contribution is -2.10. The molecule has 0 atom stereocenters. The highest BCUT2D eigenvalue weighted by Crippen LogP contribution is 2.42. The Labute approximate surface area is 159 Å². The Morgan fingerprint density at radius 1 is 1.30 bits per heavy atom. The van der Waals surface area contributed by atoms with E-state index in [0.717, 1.165) is 22.6 Å². The number of nitriles is 1. The lowest BCUT2D eigenvalue weighted by molar-refractivity contribution is 0.100. The van der Waals surface area contributed by atoms with Crippen molar-refractivity contribution in [1.82, 2.24) is 4.98 Å². The molecule has 27 heavy (non-hydrogen) atoms. The van der Waals surface area contributed by atoms with Gasteiger partial charge in [0.1, 0.15) is 32.9 Å². The number of anilines is 2. The summed E-state index contributed by atoms with van der Waals surface area (Å²) in [4.78, 5) is 16.6. The molecule has 0 saturated heterocycles. The minimum absolute atomic E-state index is 0.0892. The van der Waals surface area contributed by atoms with Crippen LogP contribution in [0.2, 0.25) is 0 Å². The number of amides is 1. The molecule has 4 rings (SSSR count). The van der Waals surface area contributed by atoms with E-state index in [1.165, 1.54) is 12.8 Å². The number of carbonyl (C=O) groups excluding carboxylic acids is 1. The van der Waals surface area contributed by atoms with E-state index in [-0.39, 0.29) is 21.9 Å². The minimum Gasteiger partial charge on any atom is -0.493 e. The van der Waals surface area contributed by atoms with Crippen molar-refractivity contribution >= 4 is 39.0 Å². The van der Waals surface area contributed by atoms with Crippen LogP contribution in [0.3, 0.4) is 0 Å². The van der Waals surface area contributed by atoms with Crippen molar-refractivity contribution in [2.75, 3.05) is 18.1 Å². The van der Waals surface area contributed by atoms with E-state index in [2.05, 4.69) is 11.1 Å². The van der Waals surface area contributed by atoms with Crippen molar-refractivity contribution in [1.29, 1.82) is 5.26 Å². The van der Waals surface area contributed by atoms with E-state index in [1.807, 2.05) is 24.3 Å². The number of carbonyl (C=O) groups is 1. The molecule has 2 heterocycles. The number of thiophene rings is 1. The number of nitrogens with zero attached hydrogens (tertiary/aromatic N) is 2. The zero-order valence-electron chi connectivity index (χ0n) is 14.4. The number of primary amides is 1. The molecule has 1 aliphatic carbocycles. The third kappa shape index (κ3) is 3.02. The van der Waals surface area contributed by atoms with Gasteiger partial charge in [-0.25, -0.2) is 4.98 Å². The van der Waals surface area contributed by atoms with Crippen LogP contribution < -0.4 is 21.9 Å². The van der Waals surface area contributed by atoms with Crippen LogP contribution in [-0.2, 0) is 0 Å². The van der Waals surface area contributed by atoms with Crippen molar-refractivity contribution in [3.05, 3.63) is 34.7 Å². The number of hydrogen-bond donors (Lipinski definition) is 3. The fraction of sp³-hybridized carbons (Fsp3) is 0.211. The molecule has 7 nitrogen and oxygen atoms in total. The van der Waals surface area contributed by atoms with Gasteiger partial charge in [0.2, 0.25) is 0 Å². The Bertz CT molecular complexity index is 1090. The fourth-order valence-corrected chi connectivity index (χ4v) is 3.94. The van der Waals surface area contributed by atoms with Crippen LogP contribution in [0.25, 0.3) is 21.3 Å². The third-order valence-corrected chi connectivity index (χ3v) is 5.68. The highest BCUT2D eigenvalue weighted by Gasteiger charge is 2.24. The zero-order chi connectivity index (χ0) is 19.1. The number of nitrogen functional groups attached to an aromatic ring is 2. The number of benzene rings is 1. The van der Waals surface area contributed by atoms with Gasteiger partial charge in [-0.1, -0.05) is 12.1 Å². The smallest absolute Gasteiger partial charge is 0.260 e. The molecule has 1 saturated carbocycles. The average molecular weight is 379 g/mol. The van der Waals surface area contributed by atoms with Crippen molar-refractivity contribution in [2.45, 2.75) is 12.8 Å². The molecule has 0 spiro atoms. The molecule has 1 aliphatic rings. The number of fused-ring (bicyclic) bond motifs is 1. The number of aromatic nitrogens is 1. The fourth-order valence-electron chi connectivity index (χ4n) is 2.97. The molecule has 6 N–H and O–H groups in total. The molecular formula is C19H17N5O2S. The average Bonchev–Trinajstić information content (AvgIpc) is 3.42. The first-order valence-electron chi connectivity index (χ1n) is 8.44. The second-order valence-corrected chi connectivity index (χ2v) is 7.53. The predicted octanol–water partition coefficient (Wildman–Crippen LogP) is 2.89. The third-order valence-electron chi connectivity index (χ3n) is 4.57. The SMILES string of the molecule is N#Cc1c(N)nc2sc(C(N)=O)c(N)c2c1-c1ccc(OCC2CC2)cc1. The van der Waals surface area contributed by atoms with Crippen LogP contribution in [0.4, 0.5) is 11.5 Å². The van der Waals surface area contributed by atoms with Crippen molar-refractivity contribution in [2.24, 2.45) is 11.7 Å². The Morgan fingerprint density at radius 2 is 2.00 bits per heavy atom. The Morgan fingerprint density at radius 3 is 2.59 bits per heavy atom. The van der Waals surface area contributed by atoms with Gasteiger partial charge in [-0.05, 0) is 36.5 Å². The van der Waals surface area contributed by atoms with Crippen molar-refractivity contribution in [3.8, 4) is 22.9 Å². The quantitative estimate of drug-likeness (QED) is 0.622. The first-order chi connectivity index (χ1) is 13.0. The first-order valence-corrected chi connectivity index (χ1v) is 9.25. The summed E-state index contributed by atoms with van der Waals surface area (Å²) in [7, 11) is 0. The van der Waals surface area contributed by atoms with Gasteiger partial charge in [0.15, 0.2) is 0 Å². The first kappa shape index (κ1) is 17.1. The number of ether oxygens (including phenoxy) is 1. The monoisotopic (exact) mass is 379 g/mol. The summed E-state index contributed by atoms with van der Waals surface area (Å²) in [6, 6.07) is 9.48. The van der Waals surface area contributed by atoms with Crippen LogP contribution in [-0.4, -0.2) is 17.5 Å². The molecule has 0 unspecified atom stereocenters. The van der Waals surface area contributed by atoms with Crippen molar-refractivity contribution in [3.63, 3.8) is 0 Å². The zero-order valence-corrected chi connectivity index (χ0v) is 15.2. The van der Waals surface area contributed by atoms with Crippen LogP contribution in [0.15, 0.2) is 24.3 Å². The van der Waals surface area contributed by atoms with Crippen LogP contribution >= 0.6 is 11.3 Å². The number of nitrogens with two attached hydrogens (primary N) is 3. The van der Waals surface area contributed by atoms with Crippen LogP contribution in [0.1, 0.15) is 28.1 Å². The summed E-state index contributed by atoms with van der Waals surface area (Å²) in [5.41, 5.74) is 19.3. The number of pyridine rings is 1. The number of hydrogen-bond acceptors (Lipinski definition) is 7. The van der Waals surface area contributed by atoms with Gasteiger partial charge in [-0.15, -0.1) is 11.3 Å². The molecule has 0 radical (unpaired) electrons. The normalized spacial score (nSPS) is 13.4. The highest BCUT2D eigenvalue weighted by atomic mass is 32.1. The molecular weight excluding hydrogens is 362 g/mol. The van der Waals surface area contributed by atoms with E-state index < -0.39 is 5.91 Å².